The minimum Gasteiger partial charge on any atom is -0.493 e. The monoisotopic (exact) mass is 433 g/mol. The van der Waals surface area contributed by atoms with Gasteiger partial charge in [-0.3, -0.25) is 4.79 Å². The molecule has 0 fully saturated rings. The van der Waals surface area contributed by atoms with E-state index in [4.69, 9.17) is 9.47 Å². The van der Waals surface area contributed by atoms with Gasteiger partial charge >= 0.3 is 0 Å². The van der Waals surface area contributed by atoms with Crippen molar-refractivity contribution in [2.45, 2.75) is 22.9 Å². The van der Waals surface area contributed by atoms with Crippen molar-refractivity contribution in [2.75, 3.05) is 19.5 Å². The van der Waals surface area contributed by atoms with Crippen LogP contribution in [0.1, 0.15) is 17.5 Å². The summed E-state index contributed by atoms with van der Waals surface area (Å²) in [5.74, 6) is 1.55. The summed E-state index contributed by atoms with van der Waals surface area (Å²) in [6, 6.07) is 11.9. The molecule has 0 aliphatic carbocycles. The van der Waals surface area contributed by atoms with E-state index in [1.54, 1.807) is 26.4 Å². The molecule has 0 unspecified atom stereocenters. The van der Waals surface area contributed by atoms with Crippen LogP contribution in [0.2, 0.25) is 0 Å². The molecule has 0 saturated heterocycles. The molecule has 6 nitrogen and oxygen atoms in total. The number of nitrogens with zero attached hydrogens (tertiary/aromatic N) is 2. The fourth-order valence-electron chi connectivity index (χ4n) is 2.52. The number of aryl methyl sites for hydroxylation is 1. The standard InChI is InChI=1S/C20H20FN3O3S2/c1-26-16-9-5-13(11-17(16)27-2)6-10-18(25)22-19-23-24-20(29-19)28-12-14-3-7-15(21)8-4-14/h3-5,7-9,11H,6,10,12H2,1-2H3,(H,22,23,25). The number of ether oxygens (including phenoxy) is 2. The Bertz CT molecular complexity index is 964. The molecule has 29 heavy (non-hydrogen) atoms. The molecule has 9 heteroatoms. The van der Waals surface area contributed by atoms with Crippen LogP contribution in [0, 0.1) is 5.82 Å². The normalized spacial score (nSPS) is 10.6. The molecule has 3 aromatic rings. The number of methoxy groups -OCH3 is 2. The van der Waals surface area contributed by atoms with Gasteiger partial charge < -0.3 is 14.8 Å². The van der Waals surface area contributed by atoms with Crippen molar-refractivity contribution >= 4 is 34.1 Å². The molecule has 0 saturated carbocycles. The van der Waals surface area contributed by atoms with Crippen LogP contribution in [0.4, 0.5) is 9.52 Å². The topological polar surface area (TPSA) is 73.3 Å². The Balaban J connectivity index is 1.48. The van der Waals surface area contributed by atoms with Crippen LogP contribution >= 0.6 is 23.1 Å². The van der Waals surface area contributed by atoms with E-state index in [0.29, 0.717) is 35.2 Å². The highest BCUT2D eigenvalue weighted by molar-refractivity contribution is 8.00. The lowest BCUT2D eigenvalue weighted by molar-refractivity contribution is -0.116. The Hall–Kier alpha value is -2.65. The van der Waals surface area contributed by atoms with E-state index in [0.717, 1.165) is 15.5 Å². The molecule has 0 aliphatic rings. The average molecular weight is 434 g/mol. The molecule has 152 valence electrons. The van der Waals surface area contributed by atoms with Crippen molar-refractivity contribution in [3.8, 4) is 11.5 Å². The van der Waals surface area contributed by atoms with Crippen molar-refractivity contribution in [3.05, 3.63) is 59.4 Å². The molecule has 2 aromatic carbocycles. The van der Waals surface area contributed by atoms with E-state index in [2.05, 4.69) is 15.5 Å². The number of halogens is 1. The SMILES string of the molecule is COc1ccc(CCC(=O)Nc2nnc(SCc3ccc(F)cc3)s2)cc1OC. The number of aromatic nitrogens is 2. The second kappa shape index (κ2) is 10.2. The quantitative estimate of drug-likeness (QED) is 0.394. The largest absolute Gasteiger partial charge is 0.493 e. The molecule has 1 N–H and O–H groups in total. The van der Waals surface area contributed by atoms with Crippen molar-refractivity contribution in [1.82, 2.24) is 10.2 Å². The number of thioether (sulfide) groups is 1. The molecule has 0 radical (unpaired) electrons. The zero-order valence-corrected chi connectivity index (χ0v) is 17.6. The van der Waals surface area contributed by atoms with E-state index in [-0.39, 0.29) is 11.7 Å². The summed E-state index contributed by atoms with van der Waals surface area (Å²) in [4.78, 5) is 12.2. The van der Waals surface area contributed by atoms with E-state index in [1.165, 1.54) is 35.2 Å². The van der Waals surface area contributed by atoms with Gasteiger partial charge in [0.2, 0.25) is 11.0 Å². The third-order valence-electron chi connectivity index (χ3n) is 4.02. The van der Waals surface area contributed by atoms with Gasteiger partial charge in [-0.05, 0) is 41.8 Å². The van der Waals surface area contributed by atoms with Crippen molar-refractivity contribution in [2.24, 2.45) is 0 Å². The summed E-state index contributed by atoms with van der Waals surface area (Å²) in [7, 11) is 3.16. The summed E-state index contributed by atoms with van der Waals surface area (Å²) in [5.41, 5.74) is 1.97. The Kier molecular flexibility index (Phi) is 7.42. The fraction of sp³-hybridized carbons (Fsp3) is 0.250. The van der Waals surface area contributed by atoms with Crippen LogP contribution in [-0.4, -0.2) is 30.3 Å². The van der Waals surface area contributed by atoms with Crippen LogP contribution in [0.5, 0.6) is 11.5 Å². The minimum atomic E-state index is -0.257. The summed E-state index contributed by atoms with van der Waals surface area (Å²) in [5, 5.41) is 11.3. The maximum absolute atomic E-state index is 12.9. The zero-order chi connectivity index (χ0) is 20.6. The van der Waals surface area contributed by atoms with Gasteiger partial charge in [0.25, 0.3) is 0 Å². The van der Waals surface area contributed by atoms with Gasteiger partial charge in [-0.15, -0.1) is 10.2 Å². The second-order valence-electron chi connectivity index (χ2n) is 6.03. The number of benzene rings is 2. The number of rotatable bonds is 9. The van der Waals surface area contributed by atoms with Crippen LogP contribution in [-0.2, 0) is 17.0 Å². The molecular weight excluding hydrogens is 413 g/mol. The second-order valence-corrected chi connectivity index (χ2v) is 8.23. The van der Waals surface area contributed by atoms with Crippen LogP contribution in [0.15, 0.2) is 46.8 Å². The minimum absolute atomic E-state index is 0.133. The van der Waals surface area contributed by atoms with Gasteiger partial charge in [0.1, 0.15) is 5.82 Å². The Morgan fingerprint density at radius 2 is 1.79 bits per heavy atom. The maximum Gasteiger partial charge on any atom is 0.226 e. The maximum atomic E-state index is 12.9. The van der Waals surface area contributed by atoms with Gasteiger partial charge in [0, 0.05) is 12.2 Å². The van der Waals surface area contributed by atoms with Crippen molar-refractivity contribution < 1.29 is 18.7 Å². The smallest absolute Gasteiger partial charge is 0.226 e. The Morgan fingerprint density at radius 3 is 2.52 bits per heavy atom. The highest BCUT2D eigenvalue weighted by Gasteiger charge is 2.11. The summed E-state index contributed by atoms with van der Waals surface area (Å²) < 4.78 is 24.2. The van der Waals surface area contributed by atoms with Crippen LogP contribution < -0.4 is 14.8 Å². The number of hydrogen-bond donors (Lipinski definition) is 1. The highest BCUT2D eigenvalue weighted by Crippen LogP contribution is 2.29. The summed E-state index contributed by atoms with van der Waals surface area (Å²) in [6.45, 7) is 0. The molecule has 0 spiro atoms. The van der Waals surface area contributed by atoms with Gasteiger partial charge in [-0.2, -0.15) is 0 Å². The molecule has 0 aliphatic heterocycles. The molecular formula is C20H20FN3O3S2. The lowest BCUT2D eigenvalue weighted by atomic mass is 10.1. The predicted octanol–water partition coefficient (Wildman–Crippen LogP) is 4.56. The van der Waals surface area contributed by atoms with E-state index >= 15 is 0 Å². The first-order valence-corrected chi connectivity index (χ1v) is 10.6. The fourth-order valence-corrected chi connectivity index (χ4v) is 4.24. The van der Waals surface area contributed by atoms with Gasteiger partial charge in [0.05, 0.1) is 14.2 Å². The average Bonchev–Trinajstić information content (AvgIpc) is 3.18. The first-order valence-electron chi connectivity index (χ1n) is 8.79. The Morgan fingerprint density at radius 1 is 1.07 bits per heavy atom. The molecule has 0 bridgehead atoms. The van der Waals surface area contributed by atoms with Gasteiger partial charge in [-0.25, -0.2) is 4.39 Å². The molecule has 1 heterocycles. The molecule has 3 rings (SSSR count). The van der Waals surface area contributed by atoms with E-state index < -0.39 is 0 Å². The number of carbonyl (C=O) groups is 1. The van der Waals surface area contributed by atoms with Gasteiger partial charge in [0.15, 0.2) is 15.8 Å². The first-order chi connectivity index (χ1) is 14.1. The van der Waals surface area contributed by atoms with Crippen LogP contribution in [0.25, 0.3) is 0 Å². The Labute approximate surface area is 176 Å². The van der Waals surface area contributed by atoms with Crippen molar-refractivity contribution in [1.29, 1.82) is 0 Å². The first kappa shape index (κ1) is 21.1. The predicted molar refractivity (Wildman–Crippen MR) is 112 cm³/mol. The summed E-state index contributed by atoms with van der Waals surface area (Å²) in [6.07, 6.45) is 0.879. The number of anilines is 1. The number of hydrogen-bond acceptors (Lipinski definition) is 7. The number of amides is 1. The molecule has 1 amide bonds. The van der Waals surface area contributed by atoms with Crippen LogP contribution in [0.3, 0.4) is 0 Å². The zero-order valence-electron chi connectivity index (χ0n) is 16.0. The van der Waals surface area contributed by atoms with E-state index in [9.17, 15) is 9.18 Å². The van der Waals surface area contributed by atoms with Gasteiger partial charge in [-0.1, -0.05) is 41.3 Å². The molecule has 1 aromatic heterocycles. The third kappa shape index (κ3) is 6.16. The highest BCUT2D eigenvalue weighted by atomic mass is 32.2. The lowest BCUT2D eigenvalue weighted by Crippen LogP contribution is -2.12. The third-order valence-corrected chi connectivity index (χ3v) is 6.06. The van der Waals surface area contributed by atoms with Crippen molar-refractivity contribution in [3.63, 3.8) is 0 Å². The van der Waals surface area contributed by atoms with E-state index in [1.807, 2.05) is 18.2 Å². The number of nitrogens with one attached hydrogen (secondary N) is 1. The molecule has 0 atom stereocenters. The number of carbonyl (C=O) groups excluding carboxylic acids is 1. The summed E-state index contributed by atoms with van der Waals surface area (Å²) >= 11 is 2.80. The lowest BCUT2D eigenvalue weighted by Gasteiger charge is -2.09.